The van der Waals surface area contributed by atoms with Gasteiger partial charge in [-0.1, -0.05) is 55.0 Å². The van der Waals surface area contributed by atoms with Gasteiger partial charge < -0.3 is 4.57 Å². The summed E-state index contributed by atoms with van der Waals surface area (Å²) >= 11 is 1.45. The molecule has 0 radical (unpaired) electrons. The third-order valence-corrected chi connectivity index (χ3v) is 8.97. The van der Waals surface area contributed by atoms with Gasteiger partial charge in [-0.2, -0.15) is 9.30 Å². The number of carbonyl (C=O) groups is 1. The Morgan fingerprint density at radius 2 is 1.97 bits per heavy atom. The second kappa shape index (κ2) is 9.37. The van der Waals surface area contributed by atoms with Crippen LogP contribution in [0.1, 0.15) is 43.7 Å². The molecule has 1 aliphatic rings. The zero-order valence-corrected chi connectivity index (χ0v) is 20.8. The average Bonchev–Trinajstić information content (AvgIpc) is 3.40. The maximum atomic E-state index is 13.3. The number of fused-ring (bicyclic) bond motifs is 1. The summed E-state index contributed by atoms with van der Waals surface area (Å²) in [6.07, 6.45) is 2.88. The van der Waals surface area contributed by atoms with Gasteiger partial charge in [0.2, 0.25) is 10.0 Å². The van der Waals surface area contributed by atoms with Gasteiger partial charge in [0, 0.05) is 13.1 Å². The molecule has 0 spiro atoms. The third-order valence-electron chi connectivity index (χ3n) is 6.01. The van der Waals surface area contributed by atoms with Crippen LogP contribution in [0.15, 0.2) is 65.0 Å². The van der Waals surface area contributed by atoms with E-state index in [1.165, 1.54) is 21.2 Å². The second-order valence-electron chi connectivity index (χ2n) is 8.70. The SMILES string of the molecule is C=CCn1c(=NC(=O)C2CCCN2S(=O)(=O)c2ccc(C)cc2)sc2cc(C(C)C)ccc21. The first-order valence-electron chi connectivity index (χ1n) is 11.1. The molecule has 1 saturated heterocycles. The van der Waals surface area contributed by atoms with Crippen LogP contribution < -0.4 is 4.80 Å². The van der Waals surface area contributed by atoms with E-state index >= 15 is 0 Å². The van der Waals surface area contributed by atoms with Crippen LogP contribution in [-0.2, 0) is 21.4 Å². The molecule has 0 aliphatic carbocycles. The molecule has 8 heteroatoms. The van der Waals surface area contributed by atoms with Crippen molar-refractivity contribution in [2.24, 2.45) is 4.99 Å². The van der Waals surface area contributed by atoms with Crippen LogP contribution in [0.25, 0.3) is 10.2 Å². The van der Waals surface area contributed by atoms with Crippen molar-refractivity contribution in [1.29, 1.82) is 0 Å². The number of allylic oxidation sites excluding steroid dienone is 1. The maximum Gasteiger partial charge on any atom is 0.266 e. The minimum absolute atomic E-state index is 0.206. The highest BCUT2D eigenvalue weighted by atomic mass is 32.2. The normalized spacial score (nSPS) is 17.8. The molecule has 6 nitrogen and oxygen atoms in total. The molecule has 2 aromatic carbocycles. The van der Waals surface area contributed by atoms with Crippen LogP contribution in [0.4, 0.5) is 0 Å². The molecule has 2 heterocycles. The van der Waals surface area contributed by atoms with E-state index in [9.17, 15) is 13.2 Å². The Hall–Kier alpha value is -2.55. The minimum atomic E-state index is -3.77. The Bertz CT molecular complexity index is 1370. The van der Waals surface area contributed by atoms with Crippen LogP contribution in [-0.4, -0.2) is 35.8 Å². The largest absolute Gasteiger partial charge is 0.313 e. The number of thiazole rings is 1. The van der Waals surface area contributed by atoms with E-state index in [1.54, 1.807) is 30.3 Å². The zero-order chi connectivity index (χ0) is 23.8. The fourth-order valence-corrected chi connectivity index (χ4v) is 6.87. The Morgan fingerprint density at radius 3 is 2.64 bits per heavy atom. The van der Waals surface area contributed by atoms with Gasteiger partial charge in [0.25, 0.3) is 5.91 Å². The quantitative estimate of drug-likeness (QED) is 0.481. The van der Waals surface area contributed by atoms with Crippen LogP contribution in [0, 0.1) is 6.92 Å². The van der Waals surface area contributed by atoms with E-state index in [0.29, 0.717) is 36.7 Å². The van der Waals surface area contributed by atoms with Crippen LogP contribution in [0.2, 0.25) is 0 Å². The average molecular weight is 484 g/mol. The van der Waals surface area contributed by atoms with Crippen molar-refractivity contribution in [3.63, 3.8) is 0 Å². The van der Waals surface area contributed by atoms with E-state index in [0.717, 1.165) is 15.8 Å². The highest BCUT2D eigenvalue weighted by Gasteiger charge is 2.39. The summed E-state index contributed by atoms with van der Waals surface area (Å²) in [6.45, 7) is 10.9. The highest BCUT2D eigenvalue weighted by molar-refractivity contribution is 7.89. The molecular formula is C25H29N3O3S2. The van der Waals surface area contributed by atoms with E-state index in [1.807, 2.05) is 11.5 Å². The summed E-state index contributed by atoms with van der Waals surface area (Å²) in [4.78, 5) is 18.5. The first-order chi connectivity index (χ1) is 15.7. The monoisotopic (exact) mass is 483 g/mol. The Morgan fingerprint density at radius 1 is 1.24 bits per heavy atom. The van der Waals surface area contributed by atoms with Gasteiger partial charge in [0.1, 0.15) is 6.04 Å². The lowest BCUT2D eigenvalue weighted by atomic mass is 10.0. The van der Waals surface area contributed by atoms with Gasteiger partial charge >= 0.3 is 0 Å². The summed E-state index contributed by atoms with van der Waals surface area (Å²) in [5.74, 6) is -0.0259. The number of nitrogens with zero attached hydrogens (tertiary/aromatic N) is 3. The van der Waals surface area contributed by atoms with Crippen LogP contribution in [0.5, 0.6) is 0 Å². The van der Waals surface area contributed by atoms with Crippen molar-refractivity contribution in [3.8, 4) is 0 Å². The smallest absolute Gasteiger partial charge is 0.266 e. The van der Waals surface area contributed by atoms with Crippen LogP contribution in [0.3, 0.4) is 0 Å². The van der Waals surface area contributed by atoms with Crippen molar-refractivity contribution >= 4 is 37.5 Å². The number of rotatable bonds is 6. The lowest BCUT2D eigenvalue weighted by Crippen LogP contribution is -2.40. The van der Waals surface area contributed by atoms with Crippen molar-refractivity contribution in [1.82, 2.24) is 8.87 Å². The number of sulfonamides is 1. The summed E-state index contributed by atoms with van der Waals surface area (Å²) in [5, 5.41) is 0. The summed E-state index contributed by atoms with van der Waals surface area (Å²) in [5.41, 5.74) is 3.19. The summed E-state index contributed by atoms with van der Waals surface area (Å²) in [6, 6.07) is 12.2. The lowest BCUT2D eigenvalue weighted by molar-refractivity contribution is -0.121. The van der Waals surface area contributed by atoms with E-state index in [4.69, 9.17) is 0 Å². The number of hydrogen-bond acceptors (Lipinski definition) is 4. The number of benzene rings is 2. The molecule has 33 heavy (non-hydrogen) atoms. The van der Waals surface area contributed by atoms with E-state index < -0.39 is 22.0 Å². The molecule has 1 aliphatic heterocycles. The molecule has 0 bridgehead atoms. The fraction of sp³-hybridized carbons (Fsp3) is 0.360. The molecule has 1 amide bonds. The van der Waals surface area contributed by atoms with Gasteiger partial charge in [-0.25, -0.2) is 8.42 Å². The van der Waals surface area contributed by atoms with E-state index in [-0.39, 0.29) is 4.90 Å². The Kier molecular flexibility index (Phi) is 6.70. The van der Waals surface area contributed by atoms with Gasteiger partial charge in [-0.05, 0) is 55.5 Å². The molecule has 1 fully saturated rings. The first-order valence-corrected chi connectivity index (χ1v) is 13.4. The van der Waals surface area contributed by atoms with E-state index in [2.05, 4.69) is 43.6 Å². The van der Waals surface area contributed by atoms with Gasteiger partial charge in [0.15, 0.2) is 4.80 Å². The molecular weight excluding hydrogens is 454 g/mol. The third kappa shape index (κ3) is 4.60. The fourth-order valence-electron chi connectivity index (χ4n) is 4.13. The maximum absolute atomic E-state index is 13.3. The molecule has 4 rings (SSSR count). The highest BCUT2D eigenvalue weighted by Crippen LogP contribution is 2.28. The van der Waals surface area contributed by atoms with Crippen molar-refractivity contribution in [2.45, 2.75) is 57.0 Å². The standard InChI is InChI=1S/C25H29N3O3S2/c1-5-14-27-21-13-10-19(17(2)3)16-23(21)32-25(27)26-24(29)22-7-6-15-28(22)33(30,31)20-11-8-18(4)9-12-20/h5,8-13,16-17,22H,1,6-7,14-15H2,2-4H3. The molecule has 0 saturated carbocycles. The molecule has 1 atom stereocenters. The predicted octanol–water partition coefficient (Wildman–Crippen LogP) is 4.60. The number of hydrogen-bond donors (Lipinski definition) is 0. The second-order valence-corrected chi connectivity index (χ2v) is 11.6. The van der Waals surface area contributed by atoms with Gasteiger partial charge in [0.05, 0.1) is 15.1 Å². The number of aromatic nitrogens is 1. The Balaban J connectivity index is 1.72. The number of carbonyl (C=O) groups excluding carboxylic acids is 1. The topological polar surface area (TPSA) is 71.7 Å². The molecule has 3 aromatic rings. The zero-order valence-electron chi connectivity index (χ0n) is 19.2. The van der Waals surface area contributed by atoms with Gasteiger partial charge in [-0.15, -0.1) is 6.58 Å². The van der Waals surface area contributed by atoms with Crippen molar-refractivity contribution < 1.29 is 13.2 Å². The van der Waals surface area contributed by atoms with Crippen molar-refractivity contribution in [2.75, 3.05) is 6.54 Å². The summed E-state index contributed by atoms with van der Waals surface area (Å²) < 4.78 is 30.8. The Labute approximate surface area is 199 Å². The lowest BCUT2D eigenvalue weighted by Gasteiger charge is -2.21. The van der Waals surface area contributed by atoms with Crippen LogP contribution >= 0.6 is 11.3 Å². The number of amides is 1. The molecule has 174 valence electrons. The first kappa shape index (κ1) is 23.6. The summed E-state index contributed by atoms with van der Waals surface area (Å²) in [7, 11) is -3.77. The minimum Gasteiger partial charge on any atom is -0.313 e. The van der Waals surface area contributed by atoms with Gasteiger partial charge in [-0.3, -0.25) is 4.79 Å². The van der Waals surface area contributed by atoms with Crippen molar-refractivity contribution in [3.05, 3.63) is 71.0 Å². The predicted molar refractivity (Wildman–Crippen MR) is 133 cm³/mol. The molecule has 1 unspecified atom stereocenters. The number of aryl methyl sites for hydroxylation is 1. The molecule has 0 N–H and O–H groups in total. The molecule has 1 aromatic heterocycles.